The number of likely N-dealkylation sites (tertiary alicyclic amines) is 2. The fourth-order valence-electron chi connectivity index (χ4n) is 5.99. The Bertz CT molecular complexity index is 1280. The van der Waals surface area contributed by atoms with E-state index in [1.54, 1.807) is 0 Å². The topological polar surface area (TPSA) is 51.7 Å². The highest BCUT2D eigenvalue weighted by molar-refractivity contribution is 6.36. The molecule has 3 aliphatic heterocycles. The van der Waals surface area contributed by atoms with Crippen molar-refractivity contribution in [1.29, 1.82) is 0 Å². The zero-order valence-electron chi connectivity index (χ0n) is 21.5. The first-order valence-electron chi connectivity index (χ1n) is 13.6. The van der Waals surface area contributed by atoms with Crippen molar-refractivity contribution in [2.45, 2.75) is 38.3 Å². The van der Waals surface area contributed by atoms with Gasteiger partial charge in [-0.1, -0.05) is 41.4 Å². The molecule has 0 bridgehead atoms. The van der Waals surface area contributed by atoms with Gasteiger partial charge in [0.25, 0.3) is 5.91 Å². The molecule has 1 aromatic heterocycles. The average Bonchev–Trinajstić information content (AvgIpc) is 3.50. The number of pyridine rings is 1. The van der Waals surface area contributed by atoms with Crippen molar-refractivity contribution in [3.63, 3.8) is 0 Å². The minimum absolute atomic E-state index is 0.131. The molecule has 6 nitrogen and oxygen atoms in total. The number of nitrogens with zero attached hydrogens (tertiary/aromatic N) is 4. The van der Waals surface area contributed by atoms with E-state index in [9.17, 15) is 4.79 Å². The molecule has 4 heterocycles. The third-order valence-electron chi connectivity index (χ3n) is 8.17. The van der Waals surface area contributed by atoms with Crippen LogP contribution in [-0.2, 0) is 6.54 Å². The molecule has 198 valence electrons. The summed E-state index contributed by atoms with van der Waals surface area (Å²) < 4.78 is 0. The summed E-state index contributed by atoms with van der Waals surface area (Å²) in [4.78, 5) is 24.8. The predicted molar refractivity (Wildman–Crippen MR) is 155 cm³/mol. The average molecular weight is 551 g/mol. The molecule has 2 saturated heterocycles. The first-order chi connectivity index (χ1) is 18.6. The summed E-state index contributed by atoms with van der Waals surface area (Å²) in [7, 11) is 0. The van der Waals surface area contributed by atoms with Gasteiger partial charge in [0, 0.05) is 71.7 Å². The molecule has 38 heavy (non-hydrogen) atoms. The summed E-state index contributed by atoms with van der Waals surface area (Å²) in [6.07, 6.45) is 6.67. The second-order valence-corrected chi connectivity index (χ2v) is 11.3. The van der Waals surface area contributed by atoms with Gasteiger partial charge < -0.3 is 20.0 Å². The molecule has 0 aliphatic carbocycles. The molecule has 2 aromatic carbocycles. The molecule has 3 aromatic rings. The van der Waals surface area contributed by atoms with Gasteiger partial charge in [-0.3, -0.25) is 4.79 Å². The fraction of sp³-hybridized carbons (Fsp3) is 0.400. The van der Waals surface area contributed by atoms with Crippen molar-refractivity contribution in [1.82, 2.24) is 14.8 Å². The van der Waals surface area contributed by atoms with E-state index in [0.29, 0.717) is 22.6 Å². The van der Waals surface area contributed by atoms with Crippen LogP contribution in [-0.4, -0.2) is 66.0 Å². The molecule has 0 atom stereocenters. The molecule has 1 N–H and O–H groups in total. The highest BCUT2D eigenvalue weighted by Gasteiger charge is 2.28. The van der Waals surface area contributed by atoms with Crippen molar-refractivity contribution in [2.24, 2.45) is 0 Å². The van der Waals surface area contributed by atoms with Crippen LogP contribution >= 0.6 is 23.2 Å². The summed E-state index contributed by atoms with van der Waals surface area (Å²) in [5.74, 6) is 0.985. The maximum atomic E-state index is 13.2. The van der Waals surface area contributed by atoms with Crippen LogP contribution in [0, 0.1) is 0 Å². The van der Waals surface area contributed by atoms with Crippen LogP contribution in [0.15, 0.2) is 54.7 Å². The van der Waals surface area contributed by atoms with Crippen LogP contribution in [0.4, 0.5) is 11.5 Å². The number of anilines is 2. The number of hydrogen-bond donors (Lipinski definition) is 1. The standard InChI is InChI=1S/C30H33Cl2N5O/c31-26-4-3-5-27(32)25(26)20-37-17-12-33-29-28(37)18-23(19-34-29)21-6-8-22(9-7-21)30(38)36-15-10-24(11-16-36)35-13-1-2-14-35/h3-9,18-19,24H,1-2,10-17,20H2,(H,33,34). The molecular weight excluding hydrogens is 517 g/mol. The van der Waals surface area contributed by atoms with Gasteiger partial charge in [-0.2, -0.15) is 0 Å². The number of amides is 1. The summed E-state index contributed by atoms with van der Waals surface area (Å²) >= 11 is 12.9. The number of fused-ring (bicyclic) bond motifs is 1. The Morgan fingerprint density at radius 2 is 1.63 bits per heavy atom. The van der Waals surface area contributed by atoms with Gasteiger partial charge in [0.2, 0.25) is 0 Å². The van der Waals surface area contributed by atoms with E-state index in [2.05, 4.69) is 21.2 Å². The number of aromatic nitrogens is 1. The third kappa shape index (κ3) is 5.22. The van der Waals surface area contributed by atoms with E-state index >= 15 is 0 Å². The van der Waals surface area contributed by atoms with E-state index in [4.69, 9.17) is 28.2 Å². The van der Waals surface area contributed by atoms with Crippen molar-refractivity contribution in [3.05, 3.63) is 75.9 Å². The van der Waals surface area contributed by atoms with Crippen LogP contribution in [0.25, 0.3) is 11.1 Å². The SMILES string of the molecule is O=C(c1ccc(-c2cnc3c(c2)N(Cc2c(Cl)cccc2Cl)CCN3)cc1)N1CCC(N2CCCC2)CC1. The largest absolute Gasteiger partial charge is 0.367 e. The van der Waals surface area contributed by atoms with Gasteiger partial charge in [0.15, 0.2) is 0 Å². The maximum Gasteiger partial charge on any atom is 0.253 e. The number of nitrogens with one attached hydrogen (secondary N) is 1. The van der Waals surface area contributed by atoms with Gasteiger partial charge >= 0.3 is 0 Å². The number of hydrogen-bond acceptors (Lipinski definition) is 5. The highest BCUT2D eigenvalue weighted by Crippen LogP contribution is 2.35. The lowest BCUT2D eigenvalue weighted by Crippen LogP contribution is -2.45. The zero-order valence-corrected chi connectivity index (χ0v) is 23.0. The van der Waals surface area contributed by atoms with Crippen LogP contribution < -0.4 is 10.2 Å². The van der Waals surface area contributed by atoms with Crippen LogP contribution in [0.3, 0.4) is 0 Å². The van der Waals surface area contributed by atoms with E-state index in [1.165, 1.54) is 25.9 Å². The lowest BCUT2D eigenvalue weighted by Gasteiger charge is -2.36. The second kappa shape index (κ2) is 11.1. The molecule has 0 unspecified atom stereocenters. The first kappa shape index (κ1) is 25.5. The van der Waals surface area contributed by atoms with E-state index in [1.807, 2.05) is 53.6 Å². The summed E-state index contributed by atoms with van der Waals surface area (Å²) in [5, 5.41) is 4.73. The van der Waals surface area contributed by atoms with E-state index in [0.717, 1.165) is 72.8 Å². The monoisotopic (exact) mass is 549 g/mol. The Kier molecular flexibility index (Phi) is 7.46. The zero-order chi connectivity index (χ0) is 26.1. The lowest BCUT2D eigenvalue weighted by atomic mass is 10.0. The van der Waals surface area contributed by atoms with Crippen LogP contribution in [0.2, 0.25) is 10.0 Å². The van der Waals surface area contributed by atoms with Crippen molar-refractivity contribution in [3.8, 4) is 11.1 Å². The van der Waals surface area contributed by atoms with Crippen molar-refractivity contribution >= 4 is 40.6 Å². The van der Waals surface area contributed by atoms with Crippen LogP contribution in [0.5, 0.6) is 0 Å². The highest BCUT2D eigenvalue weighted by atomic mass is 35.5. The summed E-state index contributed by atoms with van der Waals surface area (Å²) in [5.41, 5.74) is 4.72. The van der Waals surface area contributed by atoms with Gasteiger partial charge in [-0.15, -0.1) is 0 Å². The molecule has 2 fully saturated rings. The van der Waals surface area contributed by atoms with Gasteiger partial charge in [-0.25, -0.2) is 4.98 Å². The number of halogens is 2. The number of piperidine rings is 1. The molecule has 1 amide bonds. The van der Waals surface area contributed by atoms with Gasteiger partial charge in [-0.05, 0) is 74.7 Å². The molecule has 0 saturated carbocycles. The number of benzene rings is 2. The van der Waals surface area contributed by atoms with E-state index < -0.39 is 0 Å². The first-order valence-corrected chi connectivity index (χ1v) is 14.4. The normalized spacial score (nSPS) is 18.4. The number of carbonyl (C=O) groups excluding carboxylic acids is 1. The number of rotatable bonds is 5. The maximum absolute atomic E-state index is 13.2. The van der Waals surface area contributed by atoms with Crippen molar-refractivity contribution in [2.75, 3.05) is 49.5 Å². The Hall–Kier alpha value is -2.80. The smallest absolute Gasteiger partial charge is 0.253 e. The molecule has 0 radical (unpaired) electrons. The summed E-state index contributed by atoms with van der Waals surface area (Å²) in [6.45, 7) is 6.36. The Morgan fingerprint density at radius 1 is 0.921 bits per heavy atom. The Balaban J connectivity index is 1.16. The van der Waals surface area contributed by atoms with Gasteiger partial charge in [0.1, 0.15) is 5.82 Å². The second-order valence-electron chi connectivity index (χ2n) is 10.5. The minimum atomic E-state index is 0.131. The molecule has 3 aliphatic rings. The minimum Gasteiger partial charge on any atom is -0.367 e. The number of carbonyl (C=O) groups is 1. The van der Waals surface area contributed by atoms with E-state index in [-0.39, 0.29) is 5.91 Å². The predicted octanol–water partition coefficient (Wildman–Crippen LogP) is 6.19. The van der Waals surface area contributed by atoms with Crippen molar-refractivity contribution < 1.29 is 4.79 Å². The third-order valence-corrected chi connectivity index (χ3v) is 8.88. The van der Waals surface area contributed by atoms with Gasteiger partial charge in [0.05, 0.1) is 5.69 Å². The Labute approximate surface area is 234 Å². The molecular formula is C30H33Cl2N5O. The Morgan fingerprint density at radius 3 is 2.34 bits per heavy atom. The lowest BCUT2D eigenvalue weighted by molar-refractivity contribution is 0.0644. The molecule has 0 spiro atoms. The molecule has 6 rings (SSSR count). The summed E-state index contributed by atoms with van der Waals surface area (Å²) in [6, 6.07) is 16.4. The fourth-order valence-corrected chi connectivity index (χ4v) is 6.50. The molecule has 8 heteroatoms. The quantitative estimate of drug-likeness (QED) is 0.411. The van der Waals surface area contributed by atoms with Crippen LogP contribution in [0.1, 0.15) is 41.6 Å².